The summed E-state index contributed by atoms with van der Waals surface area (Å²) in [4.78, 5) is 0. The second-order valence-corrected chi connectivity index (χ2v) is 16.0. The molecule has 3 heterocycles. The van der Waals surface area contributed by atoms with Crippen molar-refractivity contribution in [2.45, 2.75) is 51.4 Å². The number of benzene rings is 7. The highest BCUT2D eigenvalue weighted by molar-refractivity contribution is 6.26. The molecule has 0 aliphatic heterocycles. The summed E-state index contributed by atoms with van der Waals surface area (Å²) >= 11 is 0. The lowest BCUT2D eigenvalue weighted by atomic mass is 9.63. The average Bonchev–Trinajstić information content (AvgIpc) is 3.79. The van der Waals surface area contributed by atoms with Crippen LogP contribution in [0, 0.1) is 0 Å². The zero-order valence-electron chi connectivity index (χ0n) is 29.4. The molecular formula is C48H38N2O. The van der Waals surface area contributed by atoms with E-state index in [0.29, 0.717) is 0 Å². The quantitative estimate of drug-likeness (QED) is 0.181. The molecule has 0 bridgehead atoms. The molecule has 3 nitrogen and oxygen atoms in total. The zero-order valence-corrected chi connectivity index (χ0v) is 29.4. The lowest BCUT2D eigenvalue weighted by molar-refractivity contribution is 0.332. The van der Waals surface area contributed by atoms with Crippen molar-refractivity contribution in [2.75, 3.05) is 0 Å². The molecule has 0 unspecified atom stereocenters. The minimum atomic E-state index is 0.0817. The van der Waals surface area contributed by atoms with Gasteiger partial charge >= 0.3 is 0 Å². The van der Waals surface area contributed by atoms with Gasteiger partial charge in [0.2, 0.25) is 0 Å². The van der Waals surface area contributed by atoms with Crippen molar-refractivity contribution in [3.63, 3.8) is 0 Å². The van der Waals surface area contributed by atoms with Crippen LogP contribution >= 0.6 is 0 Å². The second kappa shape index (κ2) is 9.92. The molecular weight excluding hydrogens is 621 g/mol. The SMILES string of the molecule is CC1(C)CCC(C)(C)c2cc3c(cc21)c1cc2c4c5ccccc5ccc4n(-c4ccccc4)c2cc1n3-c1cccc2oc3ccccc3c12. The maximum Gasteiger partial charge on any atom is 0.137 e. The molecule has 0 atom stereocenters. The summed E-state index contributed by atoms with van der Waals surface area (Å²) in [5.41, 5.74) is 12.2. The monoisotopic (exact) mass is 658 g/mol. The molecule has 3 heteroatoms. The van der Waals surface area contributed by atoms with E-state index in [1.165, 1.54) is 78.4 Å². The van der Waals surface area contributed by atoms with Gasteiger partial charge in [-0.3, -0.25) is 0 Å². The summed E-state index contributed by atoms with van der Waals surface area (Å²) in [7, 11) is 0. The van der Waals surface area contributed by atoms with Gasteiger partial charge in [0.1, 0.15) is 11.2 Å². The van der Waals surface area contributed by atoms with Crippen LogP contribution in [-0.4, -0.2) is 9.13 Å². The predicted octanol–water partition coefficient (Wildman–Crippen LogP) is 13.3. The first-order valence-electron chi connectivity index (χ1n) is 18.2. The van der Waals surface area contributed by atoms with Crippen molar-refractivity contribution in [2.24, 2.45) is 0 Å². The number of hydrogen-bond donors (Lipinski definition) is 0. The third kappa shape index (κ3) is 3.89. The van der Waals surface area contributed by atoms with E-state index in [2.05, 4.69) is 170 Å². The van der Waals surface area contributed by atoms with Gasteiger partial charge in [0.15, 0.2) is 0 Å². The normalized spacial score (nSPS) is 15.6. The van der Waals surface area contributed by atoms with E-state index in [4.69, 9.17) is 4.42 Å². The summed E-state index contributed by atoms with van der Waals surface area (Å²) in [5, 5.41) is 10.0. The molecule has 0 N–H and O–H groups in total. The van der Waals surface area contributed by atoms with Gasteiger partial charge in [-0.05, 0) is 106 Å². The first-order valence-corrected chi connectivity index (χ1v) is 18.2. The Balaban J connectivity index is 1.38. The highest BCUT2D eigenvalue weighted by atomic mass is 16.3. The molecule has 0 saturated carbocycles. The summed E-state index contributed by atoms with van der Waals surface area (Å²) < 4.78 is 11.5. The number of furan rings is 1. The van der Waals surface area contributed by atoms with Gasteiger partial charge in [0, 0.05) is 32.6 Å². The van der Waals surface area contributed by atoms with E-state index in [9.17, 15) is 0 Å². The summed E-state index contributed by atoms with van der Waals surface area (Å²) in [5.74, 6) is 0. The van der Waals surface area contributed by atoms with Crippen molar-refractivity contribution in [3.8, 4) is 11.4 Å². The number of fused-ring (bicyclic) bond motifs is 12. The molecule has 1 aliphatic carbocycles. The largest absolute Gasteiger partial charge is 0.456 e. The van der Waals surface area contributed by atoms with Crippen LogP contribution in [0.5, 0.6) is 0 Å². The van der Waals surface area contributed by atoms with E-state index in [-0.39, 0.29) is 10.8 Å². The van der Waals surface area contributed by atoms with Gasteiger partial charge in [-0.2, -0.15) is 0 Å². The molecule has 0 fully saturated rings. The molecule has 10 aromatic rings. The van der Waals surface area contributed by atoms with Crippen LogP contribution < -0.4 is 0 Å². The van der Waals surface area contributed by atoms with Crippen LogP contribution in [0.15, 0.2) is 138 Å². The number of hydrogen-bond acceptors (Lipinski definition) is 1. The van der Waals surface area contributed by atoms with E-state index in [0.717, 1.165) is 33.3 Å². The smallest absolute Gasteiger partial charge is 0.137 e. The number of para-hydroxylation sites is 2. The van der Waals surface area contributed by atoms with E-state index < -0.39 is 0 Å². The fourth-order valence-corrected chi connectivity index (χ4v) is 9.41. The maximum absolute atomic E-state index is 6.48. The maximum atomic E-state index is 6.48. The highest BCUT2D eigenvalue weighted by Crippen LogP contribution is 2.50. The van der Waals surface area contributed by atoms with Crippen LogP contribution in [0.2, 0.25) is 0 Å². The summed E-state index contributed by atoms with van der Waals surface area (Å²) in [6, 6.07) is 49.3. The van der Waals surface area contributed by atoms with Crippen LogP contribution in [-0.2, 0) is 10.8 Å². The predicted molar refractivity (Wildman–Crippen MR) is 215 cm³/mol. The number of aromatic nitrogens is 2. The Morgan fingerprint density at radius 3 is 1.92 bits per heavy atom. The van der Waals surface area contributed by atoms with Crippen molar-refractivity contribution >= 4 is 76.3 Å². The van der Waals surface area contributed by atoms with Crippen LogP contribution in [0.4, 0.5) is 0 Å². The Labute approximate surface area is 296 Å². The lowest BCUT2D eigenvalue weighted by Crippen LogP contribution is -2.33. The van der Waals surface area contributed by atoms with Gasteiger partial charge < -0.3 is 13.6 Å². The van der Waals surface area contributed by atoms with E-state index in [1.807, 2.05) is 0 Å². The van der Waals surface area contributed by atoms with E-state index >= 15 is 0 Å². The third-order valence-electron chi connectivity index (χ3n) is 12.1. The minimum absolute atomic E-state index is 0.0817. The lowest BCUT2D eigenvalue weighted by Gasteiger charge is -2.42. The fraction of sp³-hybridized carbons (Fsp3) is 0.167. The molecule has 11 rings (SSSR count). The Morgan fingerprint density at radius 1 is 0.451 bits per heavy atom. The first kappa shape index (κ1) is 29.0. The first-order chi connectivity index (χ1) is 24.8. The Kier molecular flexibility index (Phi) is 5.64. The fourth-order valence-electron chi connectivity index (χ4n) is 9.41. The van der Waals surface area contributed by atoms with Crippen molar-refractivity contribution in [1.29, 1.82) is 0 Å². The molecule has 0 amide bonds. The Bertz CT molecular complexity index is 3080. The summed E-state index contributed by atoms with van der Waals surface area (Å²) in [6.45, 7) is 9.72. The van der Waals surface area contributed by atoms with Crippen LogP contribution in [0.3, 0.4) is 0 Å². The average molecular weight is 659 g/mol. The molecule has 7 aromatic carbocycles. The summed E-state index contributed by atoms with van der Waals surface area (Å²) in [6.07, 6.45) is 2.35. The Morgan fingerprint density at radius 2 is 1.10 bits per heavy atom. The van der Waals surface area contributed by atoms with Gasteiger partial charge in [0.05, 0.1) is 33.1 Å². The third-order valence-corrected chi connectivity index (χ3v) is 12.1. The zero-order chi connectivity index (χ0) is 34.2. The standard InChI is InChI=1S/C48H38N2O/c1-47(2)23-24-48(3,4)37-27-40-34(26-36(37)47)33-25-35-42(28-41(33)50(40)38-18-12-20-44-46(38)32-17-10-11-19-43(32)51-44)49(30-14-6-5-7-15-30)39-22-21-29-13-8-9-16-31(29)45(35)39/h5-22,25-28H,23-24H2,1-4H3. The van der Waals surface area contributed by atoms with Crippen molar-refractivity contribution in [1.82, 2.24) is 9.13 Å². The van der Waals surface area contributed by atoms with Crippen LogP contribution in [0.25, 0.3) is 87.7 Å². The molecule has 0 spiro atoms. The highest BCUT2D eigenvalue weighted by Gasteiger charge is 2.38. The van der Waals surface area contributed by atoms with Crippen LogP contribution in [0.1, 0.15) is 51.7 Å². The van der Waals surface area contributed by atoms with Gasteiger partial charge in [-0.1, -0.05) is 100 Å². The molecule has 246 valence electrons. The molecule has 1 aliphatic rings. The Hall–Kier alpha value is -5.80. The number of nitrogens with zero attached hydrogens (tertiary/aromatic N) is 2. The van der Waals surface area contributed by atoms with Gasteiger partial charge in [-0.25, -0.2) is 0 Å². The molecule has 3 aromatic heterocycles. The molecule has 0 radical (unpaired) electrons. The topological polar surface area (TPSA) is 23.0 Å². The van der Waals surface area contributed by atoms with E-state index in [1.54, 1.807) is 0 Å². The molecule has 0 saturated heterocycles. The minimum Gasteiger partial charge on any atom is -0.456 e. The molecule has 51 heavy (non-hydrogen) atoms. The van der Waals surface area contributed by atoms with Gasteiger partial charge in [0.25, 0.3) is 0 Å². The van der Waals surface area contributed by atoms with Crippen molar-refractivity contribution in [3.05, 3.63) is 145 Å². The second-order valence-electron chi connectivity index (χ2n) is 16.0. The number of rotatable bonds is 2. The van der Waals surface area contributed by atoms with Crippen molar-refractivity contribution < 1.29 is 4.42 Å². The van der Waals surface area contributed by atoms with Gasteiger partial charge in [-0.15, -0.1) is 0 Å².